The van der Waals surface area contributed by atoms with Crippen LogP contribution in [0, 0.1) is 15.9 Å². The third kappa shape index (κ3) is 4.17. The van der Waals surface area contributed by atoms with E-state index in [2.05, 4.69) is 0 Å². The minimum absolute atomic E-state index is 0.0999. The first-order valence-corrected chi connectivity index (χ1v) is 9.28. The van der Waals surface area contributed by atoms with Gasteiger partial charge in [0.1, 0.15) is 16.4 Å². The predicted molar refractivity (Wildman–Crippen MR) is 106 cm³/mol. The highest BCUT2D eigenvalue weighted by Gasteiger charge is 2.32. The van der Waals surface area contributed by atoms with Gasteiger partial charge < -0.3 is 9.52 Å². The molecule has 0 radical (unpaired) electrons. The number of benzene rings is 1. The Balaban J connectivity index is 1.96. The van der Waals surface area contributed by atoms with Crippen molar-refractivity contribution in [3.8, 4) is 0 Å². The van der Waals surface area contributed by atoms with Crippen LogP contribution in [0.15, 0.2) is 32.5 Å². The van der Waals surface area contributed by atoms with E-state index >= 15 is 0 Å². The average molecular weight is 438 g/mol. The van der Waals surface area contributed by atoms with Crippen molar-refractivity contribution >= 4 is 62.9 Å². The molecule has 1 amide bonds. The fraction of sp³-hybridized carbons (Fsp3) is 0.176. The number of non-ortho nitro benzene ring substituents is 1. The minimum atomic E-state index is -0.999. The maximum Gasteiger partial charge on any atom is 0.315 e. The van der Waals surface area contributed by atoms with Crippen LogP contribution in [0.4, 0.5) is 10.1 Å². The first kappa shape index (κ1) is 20.6. The topological polar surface area (TPSA) is 131 Å². The summed E-state index contributed by atoms with van der Waals surface area (Å²) in [6.07, 6.45) is 2.23. The molecule has 0 bridgehead atoms. The number of carboxylic acid groups (broad SMARTS) is 1. The average Bonchev–Trinajstić information content (AvgIpc) is 2.90. The molecule has 3 rings (SSSR count). The largest absolute Gasteiger partial charge is 0.481 e. The van der Waals surface area contributed by atoms with Gasteiger partial charge in [0.05, 0.1) is 26.8 Å². The van der Waals surface area contributed by atoms with E-state index < -0.39 is 33.7 Å². The van der Waals surface area contributed by atoms with Crippen LogP contribution in [0.2, 0.25) is 0 Å². The van der Waals surface area contributed by atoms with E-state index in [1.165, 1.54) is 11.0 Å². The number of thioether (sulfide) groups is 1. The number of carbonyl (C=O) groups is 2. The lowest BCUT2D eigenvalue weighted by atomic mass is 10.1. The van der Waals surface area contributed by atoms with E-state index in [-0.39, 0.29) is 45.1 Å². The molecule has 1 N–H and O–H groups in total. The van der Waals surface area contributed by atoms with Gasteiger partial charge in [0, 0.05) is 13.0 Å². The predicted octanol–water partition coefficient (Wildman–Crippen LogP) is 2.91. The molecule has 0 aliphatic carbocycles. The van der Waals surface area contributed by atoms with Crippen LogP contribution in [0.1, 0.15) is 18.4 Å². The van der Waals surface area contributed by atoms with Gasteiger partial charge in [0.15, 0.2) is 5.43 Å². The first-order chi connectivity index (χ1) is 13.7. The quantitative estimate of drug-likeness (QED) is 0.313. The summed E-state index contributed by atoms with van der Waals surface area (Å²) in [5.74, 6) is -2.48. The van der Waals surface area contributed by atoms with Crippen molar-refractivity contribution < 1.29 is 28.4 Å². The van der Waals surface area contributed by atoms with Gasteiger partial charge >= 0.3 is 11.7 Å². The maximum absolute atomic E-state index is 13.7. The van der Waals surface area contributed by atoms with E-state index in [4.69, 9.17) is 21.7 Å². The third-order valence-corrected chi connectivity index (χ3v) is 5.35. The Bertz CT molecular complexity index is 1160. The summed E-state index contributed by atoms with van der Waals surface area (Å²) in [5.41, 5.74) is -1.92. The van der Waals surface area contributed by atoms with Crippen LogP contribution in [0.5, 0.6) is 0 Å². The van der Waals surface area contributed by atoms with Gasteiger partial charge in [-0.25, -0.2) is 4.39 Å². The Morgan fingerprint density at radius 1 is 1.41 bits per heavy atom. The van der Waals surface area contributed by atoms with Crippen molar-refractivity contribution in [3.63, 3.8) is 0 Å². The molecule has 0 spiro atoms. The third-order valence-electron chi connectivity index (χ3n) is 3.97. The van der Waals surface area contributed by atoms with Crippen molar-refractivity contribution in [2.75, 3.05) is 6.54 Å². The number of nitro groups is 1. The van der Waals surface area contributed by atoms with E-state index in [0.717, 1.165) is 24.1 Å². The molecule has 12 heteroatoms. The van der Waals surface area contributed by atoms with E-state index in [9.17, 15) is 28.9 Å². The molecular weight excluding hydrogens is 427 g/mol. The van der Waals surface area contributed by atoms with Crippen molar-refractivity contribution in [1.82, 2.24) is 4.90 Å². The zero-order valence-corrected chi connectivity index (χ0v) is 16.0. The standard InChI is InChI=1S/C17H11FN2O7S2/c18-9-5-10-14(23)8(7-27-15(10)11(6-9)20(25)26)4-12-16(24)19(17(28)29-12)3-1-2-13(21)22/h4-7H,1-3H2,(H,21,22). The molecule has 150 valence electrons. The number of fused-ring (bicyclic) bond motifs is 1. The number of thiocarbonyl (C=S) groups is 1. The zero-order chi connectivity index (χ0) is 21.3. The molecule has 0 unspecified atom stereocenters. The van der Waals surface area contributed by atoms with Gasteiger partial charge in [-0.05, 0) is 18.6 Å². The molecule has 2 aromatic rings. The van der Waals surface area contributed by atoms with E-state index in [1.807, 2.05) is 0 Å². The van der Waals surface area contributed by atoms with E-state index in [1.54, 1.807) is 0 Å². The Morgan fingerprint density at radius 3 is 2.79 bits per heavy atom. The van der Waals surface area contributed by atoms with Crippen molar-refractivity contribution in [3.05, 3.63) is 55.0 Å². The van der Waals surface area contributed by atoms with Gasteiger partial charge in [-0.1, -0.05) is 24.0 Å². The van der Waals surface area contributed by atoms with Crippen LogP contribution in [-0.4, -0.2) is 37.7 Å². The number of rotatable bonds is 6. The summed E-state index contributed by atoms with van der Waals surface area (Å²) in [5, 5.41) is 19.4. The SMILES string of the molecule is O=C(O)CCCN1C(=O)C(=Cc2coc3c([N+](=O)[O-])cc(F)cc3c2=O)SC1=S. The van der Waals surface area contributed by atoms with Crippen molar-refractivity contribution in [1.29, 1.82) is 0 Å². The molecule has 29 heavy (non-hydrogen) atoms. The van der Waals surface area contributed by atoms with Crippen LogP contribution >= 0.6 is 24.0 Å². The Morgan fingerprint density at radius 2 is 2.14 bits per heavy atom. The highest BCUT2D eigenvalue weighted by Crippen LogP contribution is 2.33. The molecule has 9 nitrogen and oxygen atoms in total. The Hall–Kier alpha value is -3.12. The lowest BCUT2D eigenvalue weighted by Crippen LogP contribution is -2.29. The molecule has 1 saturated heterocycles. The first-order valence-electron chi connectivity index (χ1n) is 8.05. The highest BCUT2D eigenvalue weighted by molar-refractivity contribution is 8.26. The smallest absolute Gasteiger partial charge is 0.315 e. The second-order valence-corrected chi connectivity index (χ2v) is 7.59. The molecule has 1 fully saturated rings. The zero-order valence-electron chi connectivity index (χ0n) is 14.4. The van der Waals surface area contributed by atoms with Crippen LogP contribution < -0.4 is 5.43 Å². The summed E-state index contributed by atoms with van der Waals surface area (Å²) in [6.45, 7) is 0.109. The second-order valence-electron chi connectivity index (χ2n) is 5.91. The summed E-state index contributed by atoms with van der Waals surface area (Å²) in [7, 11) is 0. The van der Waals surface area contributed by atoms with Gasteiger partial charge in [-0.2, -0.15) is 0 Å². The molecule has 2 heterocycles. The van der Waals surface area contributed by atoms with Gasteiger partial charge in [0.25, 0.3) is 5.91 Å². The number of hydrogen-bond donors (Lipinski definition) is 1. The van der Waals surface area contributed by atoms with Crippen LogP contribution in [0.3, 0.4) is 0 Å². The molecule has 1 aliphatic heterocycles. The number of hydrogen-bond acceptors (Lipinski definition) is 8. The summed E-state index contributed by atoms with van der Waals surface area (Å²) in [4.78, 5) is 47.2. The summed E-state index contributed by atoms with van der Waals surface area (Å²) >= 11 is 6.04. The Labute approximate surface area is 170 Å². The Kier molecular flexibility index (Phi) is 5.75. The van der Waals surface area contributed by atoms with E-state index in [0.29, 0.717) is 6.07 Å². The molecule has 0 atom stereocenters. The number of amides is 1. The molecule has 1 aromatic carbocycles. The van der Waals surface area contributed by atoms with Gasteiger partial charge in [-0.15, -0.1) is 0 Å². The minimum Gasteiger partial charge on any atom is -0.481 e. The highest BCUT2D eigenvalue weighted by atomic mass is 32.2. The number of nitro benzene ring substituents is 1. The van der Waals surface area contributed by atoms with Gasteiger partial charge in [0.2, 0.25) is 5.58 Å². The number of nitrogens with zero attached hydrogens (tertiary/aromatic N) is 2. The van der Waals surface area contributed by atoms with Crippen molar-refractivity contribution in [2.24, 2.45) is 0 Å². The normalized spacial score (nSPS) is 15.5. The molecule has 0 saturated carbocycles. The second kappa shape index (κ2) is 8.09. The molecule has 1 aromatic heterocycles. The molecular formula is C17H11FN2O7S2. The number of aliphatic carboxylic acids is 1. The number of halogens is 1. The fourth-order valence-electron chi connectivity index (χ4n) is 2.66. The lowest BCUT2D eigenvalue weighted by Gasteiger charge is -2.13. The summed E-state index contributed by atoms with van der Waals surface area (Å²) < 4.78 is 19.1. The number of carboxylic acids is 1. The van der Waals surface area contributed by atoms with Crippen molar-refractivity contribution in [2.45, 2.75) is 12.8 Å². The maximum atomic E-state index is 13.7. The fourth-order valence-corrected chi connectivity index (χ4v) is 3.96. The summed E-state index contributed by atoms with van der Waals surface area (Å²) in [6, 6.07) is 1.47. The van der Waals surface area contributed by atoms with Crippen LogP contribution in [0.25, 0.3) is 17.0 Å². The molecule has 1 aliphatic rings. The lowest BCUT2D eigenvalue weighted by molar-refractivity contribution is -0.383. The van der Waals surface area contributed by atoms with Crippen LogP contribution in [-0.2, 0) is 9.59 Å². The number of carbonyl (C=O) groups excluding carboxylic acids is 1. The monoisotopic (exact) mass is 438 g/mol. The van der Waals surface area contributed by atoms with Gasteiger partial charge in [-0.3, -0.25) is 29.4 Å².